The fraction of sp³-hybridized carbons (Fsp3) is 0. The van der Waals surface area contributed by atoms with Crippen LogP contribution in [-0.4, -0.2) is 12.2 Å². The lowest BCUT2D eigenvalue weighted by Gasteiger charge is -1.89. The van der Waals surface area contributed by atoms with Crippen molar-refractivity contribution >= 4 is 35.2 Å². The number of carbonyl (C=O) groups is 1. The van der Waals surface area contributed by atoms with Crippen LogP contribution >= 0.6 is 22.9 Å². The van der Waals surface area contributed by atoms with Crippen LogP contribution < -0.4 is 11.2 Å². The molecule has 1 aromatic rings. The highest BCUT2D eigenvalue weighted by Crippen LogP contribution is 2.18. The first-order valence-electron chi connectivity index (χ1n) is 3.00. The molecule has 3 N–H and O–H groups in total. The molecule has 1 rings (SSSR count). The number of amides is 2. The van der Waals surface area contributed by atoms with Gasteiger partial charge in [-0.3, -0.25) is 0 Å². The predicted molar refractivity (Wildman–Crippen MR) is 49.6 cm³/mol. The summed E-state index contributed by atoms with van der Waals surface area (Å²) >= 11 is 7.19. The zero-order valence-electron chi connectivity index (χ0n) is 5.95. The van der Waals surface area contributed by atoms with Gasteiger partial charge in [0.15, 0.2) is 0 Å². The summed E-state index contributed by atoms with van der Waals surface area (Å²) < 4.78 is 0. The number of hydrazone groups is 1. The molecule has 1 aromatic heterocycles. The summed E-state index contributed by atoms with van der Waals surface area (Å²) in [5, 5.41) is 7.74. The van der Waals surface area contributed by atoms with Crippen LogP contribution in [0.5, 0.6) is 0 Å². The number of urea groups is 1. The molecule has 0 bridgehead atoms. The Bertz CT molecular complexity index is 309. The van der Waals surface area contributed by atoms with Gasteiger partial charge in [0.05, 0.1) is 11.2 Å². The molecule has 0 aliphatic heterocycles. The van der Waals surface area contributed by atoms with Gasteiger partial charge in [0.25, 0.3) is 0 Å². The van der Waals surface area contributed by atoms with Crippen molar-refractivity contribution in [3.63, 3.8) is 0 Å². The summed E-state index contributed by atoms with van der Waals surface area (Å²) in [5.41, 5.74) is 7.60. The molecule has 12 heavy (non-hydrogen) atoms. The van der Waals surface area contributed by atoms with Gasteiger partial charge in [-0.15, -0.1) is 0 Å². The standard InChI is InChI=1S/C6H6ClN3OS/c7-5-3-12-2-4(5)1-9-10-6(8)11/h1-3H,(H3,8,10,11)/b9-1+. The zero-order chi connectivity index (χ0) is 8.97. The van der Waals surface area contributed by atoms with Crippen LogP contribution in [0.2, 0.25) is 5.02 Å². The van der Waals surface area contributed by atoms with Crippen molar-refractivity contribution in [2.75, 3.05) is 0 Å². The normalized spacial score (nSPS) is 10.4. The minimum absolute atomic E-state index is 0.607. The highest BCUT2D eigenvalue weighted by molar-refractivity contribution is 7.08. The number of nitrogens with one attached hydrogen (secondary N) is 1. The molecule has 0 atom stereocenters. The van der Waals surface area contributed by atoms with Gasteiger partial charge in [-0.2, -0.15) is 16.4 Å². The number of nitrogens with zero attached hydrogens (tertiary/aromatic N) is 1. The van der Waals surface area contributed by atoms with Crippen LogP contribution in [0.15, 0.2) is 15.9 Å². The minimum Gasteiger partial charge on any atom is -0.350 e. The van der Waals surface area contributed by atoms with E-state index >= 15 is 0 Å². The van der Waals surface area contributed by atoms with E-state index in [0.29, 0.717) is 5.02 Å². The van der Waals surface area contributed by atoms with Crippen LogP contribution in [0.3, 0.4) is 0 Å². The van der Waals surface area contributed by atoms with Gasteiger partial charge in [-0.05, 0) is 0 Å². The SMILES string of the molecule is NC(=O)N/N=C/c1cscc1Cl. The van der Waals surface area contributed by atoms with Gasteiger partial charge in [0.1, 0.15) is 0 Å². The molecule has 4 nitrogen and oxygen atoms in total. The number of hydrogen-bond donors (Lipinski definition) is 2. The van der Waals surface area contributed by atoms with Crippen LogP contribution in [-0.2, 0) is 0 Å². The van der Waals surface area contributed by atoms with Crippen molar-refractivity contribution in [3.8, 4) is 0 Å². The van der Waals surface area contributed by atoms with E-state index in [-0.39, 0.29) is 0 Å². The molecule has 0 saturated heterocycles. The number of halogens is 1. The fourth-order valence-corrected chi connectivity index (χ4v) is 1.53. The maximum absolute atomic E-state index is 10.2. The Kier molecular flexibility index (Phi) is 3.07. The van der Waals surface area contributed by atoms with Crippen molar-refractivity contribution in [2.45, 2.75) is 0 Å². The Balaban J connectivity index is 2.57. The summed E-state index contributed by atoms with van der Waals surface area (Å²) in [6.45, 7) is 0. The van der Waals surface area contributed by atoms with Gasteiger partial charge < -0.3 is 5.73 Å². The average molecular weight is 204 g/mol. The molecule has 0 unspecified atom stereocenters. The smallest absolute Gasteiger partial charge is 0.332 e. The second kappa shape index (κ2) is 4.08. The summed E-state index contributed by atoms with van der Waals surface area (Å²) in [7, 11) is 0. The Morgan fingerprint density at radius 2 is 2.50 bits per heavy atom. The van der Waals surface area contributed by atoms with Crippen molar-refractivity contribution in [3.05, 3.63) is 21.3 Å². The first-order chi connectivity index (χ1) is 5.70. The summed E-state index contributed by atoms with van der Waals surface area (Å²) in [5.74, 6) is 0. The van der Waals surface area contributed by atoms with Gasteiger partial charge >= 0.3 is 6.03 Å². The molecule has 0 radical (unpaired) electrons. The maximum atomic E-state index is 10.2. The van der Waals surface area contributed by atoms with Crippen molar-refractivity contribution in [1.82, 2.24) is 5.43 Å². The van der Waals surface area contributed by atoms with E-state index in [1.165, 1.54) is 17.6 Å². The van der Waals surface area contributed by atoms with E-state index in [2.05, 4.69) is 10.5 Å². The highest BCUT2D eigenvalue weighted by Gasteiger charge is 1.96. The van der Waals surface area contributed by atoms with Crippen LogP contribution in [0.1, 0.15) is 5.56 Å². The lowest BCUT2D eigenvalue weighted by Crippen LogP contribution is -2.24. The number of thiophene rings is 1. The van der Waals surface area contributed by atoms with E-state index < -0.39 is 6.03 Å². The second-order valence-corrected chi connectivity index (χ2v) is 3.06. The van der Waals surface area contributed by atoms with Gasteiger partial charge in [0, 0.05) is 16.3 Å². The Labute approximate surface area is 78.0 Å². The molecule has 0 fully saturated rings. The number of primary amides is 1. The third-order valence-electron chi connectivity index (χ3n) is 1.02. The Morgan fingerprint density at radius 3 is 3.00 bits per heavy atom. The monoisotopic (exact) mass is 203 g/mol. The van der Waals surface area contributed by atoms with Gasteiger partial charge in [-0.25, -0.2) is 10.2 Å². The van der Waals surface area contributed by atoms with Crippen molar-refractivity contribution in [2.24, 2.45) is 10.8 Å². The minimum atomic E-state index is -0.697. The molecular weight excluding hydrogens is 198 g/mol. The highest BCUT2D eigenvalue weighted by atomic mass is 35.5. The number of carbonyl (C=O) groups excluding carboxylic acids is 1. The quantitative estimate of drug-likeness (QED) is 0.554. The molecule has 6 heteroatoms. The van der Waals surface area contributed by atoms with E-state index in [9.17, 15) is 4.79 Å². The lowest BCUT2D eigenvalue weighted by molar-refractivity contribution is 0.249. The molecule has 0 aliphatic rings. The largest absolute Gasteiger partial charge is 0.350 e. The topological polar surface area (TPSA) is 67.5 Å². The van der Waals surface area contributed by atoms with E-state index in [1.54, 1.807) is 5.38 Å². The van der Waals surface area contributed by atoms with E-state index in [0.717, 1.165) is 5.56 Å². The first-order valence-corrected chi connectivity index (χ1v) is 4.32. The molecule has 0 aliphatic carbocycles. The van der Waals surface area contributed by atoms with Crippen molar-refractivity contribution < 1.29 is 4.79 Å². The zero-order valence-corrected chi connectivity index (χ0v) is 7.52. The lowest BCUT2D eigenvalue weighted by atomic mass is 10.4. The van der Waals surface area contributed by atoms with Crippen LogP contribution in [0.25, 0.3) is 0 Å². The Morgan fingerprint density at radius 1 is 1.75 bits per heavy atom. The summed E-state index contributed by atoms with van der Waals surface area (Å²) in [6, 6.07) is -0.697. The third-order valence-corrected chi connectivity index (χ3v) is 2.24. The molecule has 0 aromatic carbocycles. The maximum Gasteiger partial charge on any atom is 0.332 e. The van der Waals surface area contributed by atoms with Crippen LogP contribution in [0.4, 0.5) is 4.79 Å². The third kappa shape index (κ3) is 2.52. The molecule has 0 spiro atoms. The number of nitrogens with two attached hydrogens (primary N) is 1. The van der Waals surface area contributed by atoms with Gasteiger partial charge in [-0.1, -0.05) is 11.6 Å². The molecular formula is C6H6ClN3OS. The summed E-state index contributed by atoms with van der Waals surface area (Å²) in [6.07, 6.45) is 1.43. The Hall–Kier alpha value is -1.07. The van der Waals surface area contributed by atoms with E-state index in [4.69, 9.17) is 17.3 Å². The molecule has 1 heterocycles. The van der Waals surface area contributed by atoms with Crippen LogP contribution in [0, 0.1) is 0 Å². The first kappa shape index (κ1) is 9.02. The second-order valence-electron chi connectivity index (χ2n) is 1.91. The number of hydrogen-bond acceptors (Lipinski definition) is 3. The van der Waals surface area contributed by atoms with Gasteiger partial charge in [0.2, 0.25) is 0 Å². The van der Waals surface area contributed by atoms with Crippen molar-refractivity contribution in [1.29, 1.82) is 0 Å². The molecule has 64 valence electrons. The molecule has 2 amide bonds. The fourth-order valence-electron chi connectivity index (χ4n) is 0.549. The average Bonchev–Trinajstić information content (AvgIpc) is 2.36. The summed E-state index contributed by atoms with van der Waals surface area (Å²) in [4.78, 5) is 10.2. The molecule has 0 saturated carbocycles. The predicted octanol–water partition coefficient (Wildman–Crippen LogP) is 1.40. The van der Waals surface area contributed by atoms with E-state index in [1.807, 2.05) is 5.38 Å². The number of rotatable bonds is 2.